The van der Waals surface area contributed by atoms with Crippen LogP contribution in [0, 0.1) is 23.7 Å². The SMILES string of the molecule is CC(C)C#CCCC(=O)NCCOCCOCCC(C)C.[HH]. The Labute approximate surface area is 131 Å². The molecule has 0 aliphatic rings. The Balaban J connectivity index is 0. The molecule has 4 heteroatoms. The van der Waals surface area contributed by atoms with Gasteiger partial charge in [-0.2, -0.15) is 0 Å². The van der Waals surface area contributed by atoms with Crippen molar-refractivity contribution < 1.29 is 15.7 Å². The van der Waals surface area contributed by atoms with E-state index in [2.05, 4.69) is 31.0 Å². The molecule has 1 N–H and O–H groups in total. The molecule has 0 aliphatic carbocycles. The summed E-state index contributed by atoms with van der Waals surface area (Å²) in [5.74, 6) is 7.10. The quantitative estimate of drug-likeness (QED) is 0.471. The van der Waals surface area contributed by atoms with Crippen molar-refractivity contribution in [3.05, 3.63) is 0 Å². The summed E-state index contributed by atoms with van der Waals surface area (Å²) in [6.07, 6.45) is 2.16. The molecule has 124 valence electrons. The summed E-state index contributed by atoms with van der Waals surface area (Å²) in [5, 5.41) is 2.82. The molecule has 0 radical (unpaired) electrons. The minimum atomic E-state index is 0. The lowest BCUT2D eigenvalue weighted by Crippen LogP contribution is -2.27. The second-order valence-corrected chi connectivity index (χ2v) is 5.73. The van der Waals surface area contributed by atoms with Crippen molar-refractivity contribution in [3.63, 3.8) is 0 Å². The third-order valence-electron chi connectivity index (χ3n) is 2.65. The number of rotatable bonds is 11. The highest BCUT2D eigenvalue weighted by atomic mass is 16.5. The number of nitrogens with one attached hydrogen (secondary N) is 1. The molecule has 0 unspecified atom stereocenters. The van der Waals surface area contributed by atoms with Crippen LogP contribution in [0.3, 0.4) is 0 Å². The summed E-state index contributed by atoms with van der Waals surface area (Å²) in [5.41, 5.74) is 0. The number of hydrogen-bond donors (Lipinski definition) is 1. The van der Waals surface area contributed by atoms with Gasteiger partial charge in [0, 0.05) is 33.3 Å². The Bertz CT molecular complexity index is 322. The Morgan fingerprint density at radius 3 is 2.38 bits per heavy atom. The van der Waals surface area contributed by atoms with E-state index in [1.807, 2.05) is 13.8 Å². The Hall–Kier alpha value is -1.05. The molecular weight excluding hydrogens is 266 g/mol. The lowest BCUT2D eigenvalue weighted by Gasteiger charge is -2.08. The first-order chi connectivity index (χ1) is 10.0. The molecule has 0 bridgehead atoms. The number of carbonyl (C=O) groups is 1. The molecule has 0 heterocycles. The van der Waals surface area contributed by atoms with Gasteiger partial charge in [0.1, 0.15) is 0 Å². The fraction of sp³-hybridized carbons (Fsp3) is 0.824. The van der Waals surface area contributed by atoms with Gasteiger partial charge in [0.05, 0.1) is 19.8 Å². The van der Waals surface area contributed by atoms with Gasteiger partial charge in [0.15, 0.2) is 0 Å². The van der Waals surface area contributed by atoms with E-state index in [-0.39, 0.29) is 7.33 Å². The first-order valence-electron chi connectivity index (χ1n) is 7.93. The van der Waals surface area contributed by atoms with E-state index >= 15 is 0 Å². The number of hydrogen-bond acceptors (Lipinski definition) is 3. The molecule has 0 aromatic rings. The van der Waals surface area contributed by atoms with Crippen LogP contribution in [0.15, 0.2) is 0 Å². The predicted molar refractivity (Wildman–Crippen MR) is 88.1 cm³/mol. The van der Waals surface area contributed by atoms with Crippen LogP contribution in [-0.2, 0) is 14.3 Å². The van der Waals surface area contributed by atoms with Crippen LogP contribution in [0.25, 0.3) is 0 Å². The Morgan fingerprint density at radius 2 is 1.76 bits per heavy atom. The van der Waals surface area contributed by atoms with Gasteiger partial charge in [-0.05, 0) is 12.3 Å². The maximum Gasteiger partial charge on any atom is 0.221 e. The lowest BCUT2D eigenvalue weighted by molar-refractivity contribution is -0.121. The van der Waals surface area contributed by atoms with Crippen LogP contribution < -0.4 is 5.32 Å². The van der Waals surface area contributed by atoms with Crippen LogP contribution in [0.4, 0.5) is 0 Å². The molecule has 0 aliphatic heterocycles. The van der Waals surface area contributed by atoms with Crippen LogP contribution in [0.1, 0.15) is 48.4 Å². The predicted octanol–water partition coefficient (Wildman–Crippen LogP) is 2.87. The largest absolute Gasteiger partial charge is 0.379 e. The molecule has 0 aromatic heterocycles. The summed E-state index contributed by atoms with van der Waals surface area (Å²) >= 11 is 0. The second kappa shape index (κ2) is 13.9. The summed E-state index contributed by atoms with van der Waals surface area (Å²) in [4.78, 5) is 11.5. The van der Waals surface area contributed by atoms with E-state index in [0.29, 0.717) is 51.0 Å². The first-order valence-corrected chi connectivity index (χ1v) is 7.93. The highest BCUT2D eigenvalue weighted by Gasteiger charge is 1.99. The highest BCUT2D eigenvalue weighted by Crippen LogP contribution is 1.98. The fourth-order valence-corrected chi connectivity index (χ4v) is 1.44. The van der Waals surface area contributed by atoms with Crippen molar-refractivity contribution in [1.82, 2.24) is 5.32 Å². The number of ether oxygens (including phenoxy) is 2. The van der Waals surface area contributed by atoms with E-state index in [4.69, 9.17) is 9.47 Å². The average Bonchev–Trinajstić information content (AvgIpc) is 2.41. The molecule has 0 saturated carbocycles. The van der Waals surface area contributed by atoms with E-state index in [0.717, 1.165) is 13.0 Å². The van der Waals surface area contributed by atoms with Crippen LogP contribution in [0.2, 0.25) is 0 Å². The highest BCUT2D eigenvalue weighted by molar-refractivity contribution is 5.76. The van der Waals surface area contributed by atoms with Crippen molar-refractivity contribution >= 4 is 5.91 Å². The van der Waals surface area contributed by atoms with Crippen molar-refractivity contribution in [2.75, 3.05) is 33.0 Å². The smallest absolute Gasteiger partial charge is 0.221 e. The monoisotopic (exact) mass is 299 g/mol. The summed E-state index contributed by atoms with van der Waals surface area (Å²) in [7, 11) is 0. The topological polar surface area (TPSA) is 47.6 Å². The first kappa shape index (κ1) is 19.9. The van der Waals surface area contributed by atoms with Crippen LogP contribution in [0.5, 0.6) is 0 Å². The standard InChI is InChI=1S/C17H31NO3.H2/c1-15(2)7-5-6-8-17(19)18-10-12-21-14-13-20-11-9-16(3)4;/h15-16H,6,8-14H2,1-4H3,(H,18,19);1H. The van der Waals surface area contributed by atoms with Crippen molar-refractivity contribution in [2.45, 2.75) is 47.0 Å². The number of amides is 1. The maximum atomic E-state index is 11.5. The molecule has 1 amide bonds. The fourth-order valence-electron chi connectivity index (χ4n) is 1.44. The van der Waals surface area contributed by atoms with E-state index in [1.165, 1.54) is 0 Å². The molecular formula is C17H33NO3. The van der Waals surface area contributed by atoms with Gasteiger partial charge in [-0.15, -0.1) is 11.8 Å². The van der Waals surface area contributed by atoms with Crippen molar-refractivity contribution in [2.24, 2.45) is 11.8 Å². The maximum absolute atomic E-state index is 11.5. The van der Waals surface area contributed by atoms with E-state index < -0.39 is 0 Å². The summed E-state index contributed by atoms with van der Waals surface area (Å²) in [6, 6.07) is 0. The average molecular weight is 299 g/mol. The van der Waals surface area contributed by atoms with Gasteiger partial charge in [0.2, 0.25) is 5.91 Å². The van der Waals surface area contributed by atoms with Crippen molar-refractivity contribution in [3.8, 4) is 11.8 Å². The minimum Gasteiger partial charge on any atom is -0.379 e. The van der Waals surface area contributed by atoms with Gasteiger partial charge in [-0.1, -0.05) is 27.7 Å². The van der Waals surface area contributed by atoms with Gasteiger partial charge in [0.25, 0.3) is 0 Å². The van der Waals surface area contributed by atoms with Crippen LogP contribution >= 0.6 is 0 Å². The van der Waals surface area contributed by atoms with Gasteiger partial charge < -0.3 is 14.8 Å². The molecule has 0 spiro atoms. The molecule has 0 aromatic carbocycles. The summed E-state index contributed by atoms with van der Waals surface area (Å²) in [6.45, 7) is 11.5. The second-order valence-electron chi connectivity index (χ2n) is 5.73. The Kier molecular flexibility index (Phi) is 13.2. The Morgan fingerprint density at radius 1 is 1.10 bits per heavy atom. The third kappa shape index (κ3) is 16.9. The summed E-state index contributed by atoms with van der Waals surface area (Å²) < 4.78 is 10.8. The zero-order chi connectivity index (χ0) is 15.9. The van der Waals surface area contributed by atoms with E-state index in [9.17, 15) is 4.79 Å². The van der Waals surface area contributed by atoms with Gasteiger partial charge >= 0.3 is 0 Å². The third-order valence-corrected chi connectivity index (χ3v) is 2.65. The number of carbonyl (C=O) groups excluding carboxylic acids is 1. The normalized spacial score (nSPS) is 10.6. The van der Waals surface area contributed by atoms with Crippen molar-refractivity contribution in [1.29, 1.82) is 0 Å². The molecule has 0 atom stereocenters. The van der Waals surface area contributed by atoms with Gasteiger partial charge in [-0.25, -0.2) is 0 Å². The van der Waals surface area contributed by atoms with Crippen LogP contribution in [-0.4, -0.2) is 38.9 Å². The zero-order valence-corrected chi connectivity index (χ0v) is 14.0. The molecule has 0 saturated heterocycles. The van der Waals surface area contributed by atoms with E-state index in [1.54, 1.807) is 0 Å². The molecule has 4 nitrogen and oxygen atoms in total. The molecule has 21 heavy (non-hydrogen) atoms. The lowest BCUT2D eigenvalue weighted by atomic mass is 10.1. The zero-order valence-electron chi connectivity index (χ0n) is 14.0. The molecule has 0 fully saturated rings. The van der Waals surface area contributed by atoms with Gasteiger partial charge in [-0.3, -0.25) is 4.79 Å². The molecule has 0 rings (SSSR count). The minimum absolute atomic E-state index is 0.